The Labute approximate surface area is 163 Å². The molecule has 1 aliphatic rings. The molecule has 9 heteroatoms. The van der Waals surface area contributed by atoms with Crippen LogP contribution >= 0.6 is 0 Å². The van der Waals surface area contributed by atoms with Gasteiger partial charge in [0.25, 0.3) is 5.91 Å². The molecule has 0 aromatic heterocycles. The molecular formula is C19H21N3O5S. The number of sulfonamides is 1. The molecule has 0 aliphatic carbocycles. The van der Waals surface area contributed by atoms with Gasteiger partial charge in [0.15, 0.2) is 5.25 Å². The van der Waals surface area contributed by atoms with E-state index in [2.05, 4.69) is 4.72 Å². The van der Waals surface area contributed by atoms with Crippen molar-refractivity contribution in [1.82, 2.24) is 9.80 Å². The van der Waals surface area contributed by atoms with Crippen molar-refractivity contribution < 1.29 is 22.7 Å². The van der Waals surface area contributed by atoms with Crippen LogP contribution in [-0.2, 0) is 14.8 Å². The number of hydrogen-bond donors (Lipinski definition) is 1. The van der Waals surface area contributed by atoms with Crippen molar-refractivity contribution >= 4 is 27.6 Å². The Morgan fingerprint density at radius 2 is 1.50 bits per heavy atom. The predicted octanol–water partition coefficient (Wildman–Crippen LogP) is 2.50. The van der Waals surface area contributed by atoms with Crippen LogP contribution in [0.5, 0.6) is 11.5 Å². The van der Waals surface area contributed by atoms with E-state index in [9.17, 15) is 18.0 Å². The molecule has 1 heterocycles. The van der Waals surface area contributed by atoms with Gasteiger partial charge in [-0.1, -0.05) is 18.2 Å². The van der Waals surface area contributed by atoms with Crippen molar-refractivity contribution in [3.8, 4) is 11.5 Å². The summed E-state index contributed by atoms with van der Waals surface area (Å²) in [5.74, 6) is 0.446. The fraction of sp³-hybridized carbons (Fsp3) is 0.263. The van der Waals surface area contributed by atoms with E-state index >= 15 is 0 Å². The summed E-state index contributed by atoms with van der Waals surface area (Å²) in [4.78, 5) is 26.4. The van der Waals surface area contributed by atoms with Crippen LogP contribution in [0.3, 0.4) is 0 Å². The number of benzene rings is 2. The number of hydrogen-bond acceptors (Lipinski definition) is 5. The summed E-state index contributed by atoms with van der Waals surface area (Å²) in [7, 11) is -1.34. The second kappa shape index (κ2) is 7.51. The van der Waals surface area contributed by atoms with Crippen LogP contribution in [0.1, 0.15) is 6.92 Å². The summed E-state index contributed by atoms with van der Waals surface area (Å²) in [5, 5.41) is -1.40. The lowest BCUT2D eigenvalue weighted by molar-refractivity contribution is -0.130. The average Bonchev–Trinajstić information content (AvgIpc) is 2.67. The normalized spacial score (nSPS) is 20.2. The van der Waals surface area contributed by atoms with Crippen molar-refractivity contribution in [2.75, 3.05) is 18.8 Å². The molecule has 0 saturated carbocycles. The highest BCUT2D eigenvalue weighted by atomic mass is 32.2. The predicted molar refractivity (Wildman–Crippen MR) is 105 cm³/mol. The second-order valence-electron chi connectivity index (χ2n) is 6.54. The Morgan fingerprint density at radius 1 is 0.929 bits per heavy atom. The summed E-state index contributed by atoms with van der Waals surface area (Å²) in [6, 6.07) is 14.2. The minimum Gasteiger partial charge on any atom is -0.457 e. The SMILES string of the molecule is CC1C(S(=O)(=O)Nc2ccc(Oc3ccccc3)cc2)C(=O)N(C)C(=O)N1C. The van der Waals surface area contributed by atoms with Gasteiger partial charge in [-0.2, -0.15) is 0 Å². The van der Waals surface area contributed by atoms with E-state index in [4.69, 9.17) is 4.74 Å². The molecule has 1 fully saturated rings. The quantitative estimate of drug-likeness (QED) is 0.828. The monoisotopic (exact) mass is 403 g/mol. The maximum atomic E-state index is 12.8. The molecule has 1 aliphatic heterocycles. The third-order valence-electron chi connectivity index (χ3n) is 4.64. The number of ether oxygens (including phenoxy) is 1. The summed E-state index contributed by atoms with van der Waals surface area (Å²) < 4.78 is 33.7. The number of amides is 3. The zero-order valence-electron chi connectivity index (χ0n) is 15.7. The molecule has 148 valence electrons. The maximum Gasteiger partial charge on any atom is 0.326 e. The first kappa shape index (κ1) is 19.7. The number of anilines is 1. The Kier molecular flexibility index (Phi) is 5.28. The number of carbonyl (C=O) groups excluding carboxylic acids is 2. The third-order valence-corrected chi connectivity index (χ3v) is 6.42. The molecule has 1 saturated heterocycles. The largest absolute Gasteiger partial charge is 0.457 e. The van der Waals surface area contributed by atoms with E-state index in [0.29, 0.717) is 17.2 Å². The molecule has 1 N–H and O–H groups in total. The summed E-state index contributed by atoms with van der Waals surface area (Å²) in [6.07, 6.45) is 0. The van der Waals surface area contributed by atoms with Gasteiger partial charge in [-0.25, -0.2) is 13.2 Å². The van der Waals surface area contributed by atoms with Crippen LogP contribution in [0.25, 0.3) is 0 Å². The van der Waals surface area contributed by atoms with Crippen molar-refractivity contribution in [2.45, 2.75) is 18.2 Å². The van der Waals surface area contributed by atoms with Crippen LogP contribution in [-0.4, -0.2) is 55.5 Å². The van der Waals surface area contributed by atoms with Gasteiger partial charge in [0.05, 0.1) is 6.04 Å². The number of urea groups is 1. The topological polar surface area (TPSA) is 96.0 Å². The van der Waals surface area contributed by atoms with Crippen molar-refractivity contribution in [2.24, 2.45) is 0 Å². The van der Waals surface area contributed by atoms with Gasteiger partial charge in [0.2, 0.25) is 10.0 Å². The summed E-state index contributed by atoms with van der Waals surface area (Å²) in [5.41, 5.74) is 0.294. The summed E-state index contributed by atoms with van der Waals surface area (Å²) >= 11 is 0. The molecule has 8 nitrogen and oxygen atoms in total. The number of imide groups is 1. The lowest BCUT2D eigenvalue weighted by Crippen LogP contribution is -2.63. The highest BCUT2D eigenvalue weighted by Gasteiger charge is 2.48. The maximum absolute atomic E-state index is 12.8. The summed E-state index contributed by atoms with van der Waals surface area (Å²) in [6.45, 7) is 1.53. The number of nitrogens with zero attached hydrogens (tertiary/aromatic N) is 2. The molecule has 3 amide bonds. The fourth-order valence-corrected chi connectivity index (χ4v) is 4.66. The molecular weight excluding hydrogens is 382 g/mol. The molecule has 3 rings (SSSR count). The second-order valence-corrected chi connectivity index (χ2v) is 8.34. The van der Waals surface area contributed by atoms with Crippen LogP contribution in [0.2, 0.25) is 0 Å². The van der Waals surface area contributed by atoms with Gasteiger partial charge < -0.3 is 9.64 Å². The first-order valence-corrected chi connectivity index (χ1v) is 10.1. The van der Waals surface area contributed by atoms with Crippen molar-refractivity contribution in [1.29, 1.82) is 0 Å². The number of carbonyl (C=O) groups is 2. The Morgan fingerprint density at radius 3 is 2.11 bits per heavy atom. The molecule has 2 aromatic rings. The van der Waals surface area contributed by atoms with Crippen LogP contribution in [0.4, 0.5) is 10.5 Å². The van der Waals surface area contributed by atoms with Gasteiger partial charge in [-0.05, 0) is 43.3 Å². The van der Waals surface area contributed by atoms with Gasteiger partial charge in [0, 0.05) is 19.8 Å². The van der Waals surface area contributed by atoms with Crippen molar-refractivity contribution in [3.63, 3.8) is 0 Å². The van der Waals surface area contributed by atoms with E-state index in [-0.39, 0.29) is 0 Å². The molecule has 0 radical (unpaired) electrons. The van der Waals surface area contributed by atoms with E-state index < -0.39 is 33.3 Å². The van der Waals surface area contributed by atoms with Crippen molar-refractivity contribution in [3.05, 3.63) is 54.6 Å². The number of para-hydroxylation sites is 1. The third kappa shape index (κ3) is 3.79. The van der Waals surface area contributed by atoms with Crippen LogP contribution in [0.15, 0.2) is 54.6 Å². The average molecular weight is 403 g/mol. The number of nitrogens with one attached hydrogen (secondary N) is 1. The molecule has 0 spiro atoms. The minimum atomic E-state index is -4.07. The van der Waals surface area contributed by atoms with E-state index in [1.807, 2.05) is 18.2 Å². The van der Waals surface area contributed by atoms with E-state index in [0.717, 1.165) is 4.90 Å². The van der Waals surface area contributed by atoms with Gasteiger partial charge >= 0.3 is 6.03 Å². The Bertz CT molecular complexity index is 976. The smallest absolute Gasteiger partial charge is 0.326 e. The standard InChI is InChI=1S/C19H21N3O5S/c1-13-17(18(23)22(3)19(24)21(13)2)28(25,26)20-14-9-11-16(12-10-14)27-15-7-5-4-6-8-15/h4-13,17,20H,1-3H3. The molecule has 28 heavy (non-hydrogen) atoms. The van der Waals surface area contributed by atoms with E-state index in [1.165, 1.54) is 25.9 Å². The van der Waals surface area contributed by atoms with Gasteiger partial charge in [0.1, 0.15) is 11.5 Å². The highest BCUT2D eigenvalue weighted by Crippen LogP contribution is 2.26. The first-order valence-electron chi connectivity index (χ1n) is 8.59. The molecule has 2 aromatic carbocycles. The first-order chi connectivity index (χ1) is 13.2. The fourth-order valence-electron chi connectivity index (χ4n) is 2.94. The van der Waals surface area contributed by atoms with Crippen LogP contribution < -0.4 is 9.46 Å². The lowest BCUT2D eigenvalue weighted by Gasteiger charge is -2.39. The lowest BCUT2D eigenvalue weighted by atomic mass is 10.1. The molecule has 2 atom stereocenters. The van der Waals surface area contributed by atoms with Gasteiger partial charge in [-0.15, -0.1) is 0 Å². The van der Waals surface area contributed by atoms with Gasteiger partial charge in [-0.3, -0.25) is 14.4 Å². The Hall–Kier alpha value is -3.07. The van der Waals surface area contributed by atoms with E-state index in [1.54, 1.807) is 36.4 Å². The minimum absolute atomic E-state index is 0.294. The molecule has 2 unspecified atom stereocenters. The zero-order valence-corrected chi connectivity index (χ0v) is 16.5. The highest BCUT2D eigenvalue weighted by molar-refractivity contribution is 7.94. The number of rotatable bonds is 5. The zero-order chi connectivity index (χ0) is 20.5. The molecule has 0 bridgehead atoms. The Balaban J connectivity index is 1.76. The van der Waals surface area contributed by atoms with Crippen LogP contribution in [0, 0.1) is 0 Å².